The number of fused-ring (bicyclic) bond motifs is 1. The van der Waals surface area contributed by atoms with Crippen molar-refractivity contribution in [2.45, 2.75) is 18.2 Å². The van der Waals surface area contributed by atoms with Crippen molar-refractivity contribution in [2.75, 3.05) is 36.6 Å². The Morgan fingerprint density at radius 2 is 1.86 bits per heavy atom. The number of amides is 3. The van der Waals surface area contributed by atoms with Gasteiger partial charge in [-0.2, -0.15) is 0 Å². The first kappa shape index (κ1) is 19.9. The second-order valence-corrected chi connectivity index (χ2v) is 7.77. The van der Waals surface area contributed by atoms with Gasteiger partial charge in [-0.3, -0.25) is 14.4 Å². The Bertz CT molecular complexity index is 910. The van der Waals surface area contributed by atoms with E-state index in [4.69, 9.17) is 0 Å². The lowest BCUT2D eigenvalue weighted by Gasteiger charge is -2.29. The zero-order valence-corrected chi connectivity index (χ0v) is 17.0. The molecule has 2 aromatic carbocycles. The van der Waals surface area contributed by atoms with Gasteiger partial charge in [0.1, 0.15) is 6.54 Å². The van der Waals surface area contributed by atoms with Crippen molar-refractivity contribution in [3.63, 3.8) is 0 Å². The number of carbonyl (C=O) groups excluding carboxylic acids is 3. The van der Waals surface area contributed by atoms with E-state index in [9.17, 15) is 14.4 Å². The number of rotatable bonds is 5. The van der Waals surface area contributed by atoms with Crippen molar-refractivity contribution in [1.29, 1.82) is 0 Å². The highest BCUT2D eigenvalue weighted by Gasteiger charge is 2.27. The van der Waals surface area contributed by atoms with Gasteiger partial charge in [-0.05, 0) is 42.3 Å². The van der Waals surface area contributed by atoms with Gasteiger partial charge in [-0.15, -0.1) is 11.8 Å². The van der Waals surface area contributed by atoms with E-state index in [-0.39, 0.29) is 30.0 Å². The summed E-state index contributed by atoms with van der Waals surface area (Å²) in [6.07, 6.45) is 0.930. The molecule has 1 aliphatic heterocycles. The van der Waals surface area contributed by atoms with Crippen LogP contribution in [0, 0.1) is 0 Å². The molecule has 3 rings (SSSR count). The summed E-state index contributed by atoms with van der Waals surface area (Å²) in [4.78, 5) is 41.1. The third kappa shape index (κ3) is 4.36. The van der Waals surface area contributed by atoms with Gasteiger partial charge in [0, 0.05) is 30.2 Å². The molecule has 7 heteroatoms. The van der Waals surface area contributed by atoms with E-state index >= 15 is 0 Å². The zero-order valence-electron chi connectivity index (χ0n) is 16.2. The smallest absolute Gasteiger partial charge is 0.253 e. The lowest BCUT2D eigenvalue weighted by molar-refractivity contribution is -0.120. The summed E-state index contributed by atoms with van der Waals surface area (Å²) < 4.78 is 0. The van der Waals surface area contributed by atoms with Crippen LogP contribution in [0.4, 0.5) is 11.4 Å². The van der Waals surface area contributed by atoms with Crippen LogP contribution in [0.25, 0.3) is 0 Å². The number of anilines is 2. The Hall–Kier alpha value is -2.80. The highest BCUT2D eigenvalue weighted by atomic mass is 32.2. The van der Waals surface area contributed by atoms with Crippen molar-refractivity contribution < 1.29 is 14.4 Å². The first-order valence-corrected chi connectivity index (χ1v) is 10.0. The number of carbonyl (C=O) groups is 3. The summed E-state index contributed by atoms with van der Waals surface area (Å²) in [6, 6.07) is 12.9. The Morgan fingerprint density at radius 3 is 2.50 bits per heavy atom. The minimum atomic E-state index is -0.278. The monoisotopic (exact) mass is 397 g/mol. The molecule has 0 bridgehead atoms. The third-order valence-corrected chi connectivity index (χ3v) is 5.55. The molecule has 146 valence electrons. The number of aryl methyl sites for hydroxylation is 1. The molecule has 0 saturated heterocycles. The number of nitrogens with zero attached hydrogens (tertiary/aromatic N) is 2. The number of nitrogens with one attached hydrogen (secondary N) is 1. The van der Waals surface area contributed by atoms with E-state index < -0.39 is 0 Å². The molecule has 0 unspecified atom stereocenters. The minimum Gasteiger partial charge on any atom is -0.345 e. The highest BCUT2D eigenvalue weighted by molar-refractivity contribution is 8.00. The largest absolute Gasteiger partial charge is 0.345 e. The normalized spacial score (nSPS) is 13.1. The molecule has 0 radical (unpaired) electrons. The molecule has 3 amide bonds. The fraction of sp³-hybridized carbons (Fsp3) is 0.286. The molecule has 0 atom stereocenters. The lowest BCUT2D eigenvalue weighted by Crippen LogP contribution is -2.41. The summed E-state index contributed by atoms with van der Waals surface area (Å²) in [5, 5.41) is 2.83. The van der Waals surface area contributed by atoms with Crippen molar-refractivity contribution in [3.8, 4) is 0 Å². The molecular formula is C21H23N3O3S. The molecular weight excluding hydrogens is 374 g/mol. The fourth-order valence-electron chi connectivity index (χ4n) is 2.93. The number of thioether (sulfide) groups is 1. The predicted molar refractivity (Wildman–Crippen MR) is 112 cm³/mol. The van der Waals surface area contributed by atoms with Crippen molar-refractivity contribution in [2.24, 2.45) is 0 Å². The van der Waals surface area contributed by atoms with Gasteiger partial charge >= 0.3 is 0 Å². The molecule has 2 aromatic rings. The van der Waals surface area contributed by atoms with E-state index in [0.29, 0.717) is 16.9 Å². The second-order valence-electron chi connectivity index (χ2n) is 6.75. The maximum atomic E-state index is 12.5. The summed E-state index contributed by atoms with van der Waals surface area (Å²) in [5.41, 5.74) is 2.97. The van der Waals surface area contributed by atoms with Gasteiger partial charge in [0.25, 0.3) is 5.91 Å². The van der Waals surface area contributed by atoms with Crippen LogP contribution in [0.5, 0.6) is 0 Å². The molecule has 1 heterocycles. The van der Waals surface area contributed by atoms with Gasteiger partial charge in [-0.1, -0.05) is 19.1 Å². The van der Waals surface area contributed by atoms with Crippen LogP contribution in [0.15, 0.2) is 47.4 Å². The Balaban J connectivity index is 1.79. The van der Waals surface area contributed by atoms with E-state index in [2.05, 4.69) is 12.2 Å². The molecule has 1 aliphatic rings. The molecule has 0 saturated carbocycles. The van der Waals surface area contributed by atoms with Gasteiger partial charge < -0.3 is 15.1 Å². The van der Waals surface area contributed by atoms with Gasteiger partial charge in [0.05, 0.1) is 11.4 Å². The molecule has 0 aliphatic carbocycles. The van der Waals surface area contributed by atoms with Crippen LogP contribution in [0.1, 0.15) is 22.8 Å². The zero-order chi connectivity index (χ0) is 20.3. The highest BCUT2D eigenvalue weighted by Crippen LogP contribution is 2.36. The number of hydrogen-bond acceptors (Lipinski definition) is 4. The lowest BCUT2D eigenvalue weighted by atomic mass is 10.1. The second kappa shape index (κ2) is 8.48. The SMILES string of the molecule is CCc1ccc(NC(=O)CN2C(=O)CSc3ccc(C(=O)N(C)C)cc32)cc1. The van der Waals surface area contributed by atoms with E-state index in [1.54, 1.807) is 26.2 Å². The number of benzene rings is 2. The first-order chi connectivity index (χ1) is 13.4. The Kier molecular flexibility index (Phi) is 6.04. The molecule has 0 fully saturated rings. The van der Waals surface area contributed by atoms with E-state index in [0.717, 1.165) is 11.3 Å². The van der Waals surface area contributed by atoms with Crippen molar-refractivity contribution >= 4 is 40.9 Å². The minimum absolute atomic E-state index is 0.0957. The molecule has 6 nitrogen and oxygen atoms in total. The summed E-state index contributed by atoms with van der Waals surface area (Å²) in [7, 11) is 3.35. The van der Waals surface area contributed by atoms with Crippen LogP contribution < -0.4 is 10.2 Å². The van der Waals surface area contributed by atoms with E-state index in [1.165, 1.54) is 27.1 Å². The fourth-order valence-corrected chi connectivity index (χ4v) is 3.85. The summed E-state index contributed by atoms with van der Waals surface area (Å²) in [5.74, 6) is -0.304. The summed E-state index contributed by atoms with van der Waals surface area (Å²) >= 11 is 1.42. The molecule has 0 aromatic heterocycles. The standard InChI is InChI=1S/C21H23N3O3S/c1-4-14-5-8-16(9-6-14)22-19(25)12-24-17-11-15(21(27)23(2)3)7-10-18(17)28-13-20(24)26/h5-11H,4,12-13H2,1-3H3,(H,22,25). The average molecular weight is 398 g/mol. The number of hydrogen-bond donors (Lipinski definition) is 1. The van der Waals surface area contributed by atoms with Crippen LogP contribution in [-0.4, -0.2) is 49.0 Å². The predicted octanol–water partition coefficient (Wildman–Crippen LogP) is 3.03. The van der Waals surface area contributed by atoms with Crippen LogP contribution >= 0.6 is 11.8 Å². The third-order valence-electron chi connectivity index (χ3n) is 4.50. The molecule has 0 spiro atoms. The first-order valence-electron chi connectivity index (χ1n) is 9.06. The maximum Gasteiger partial charge on any atom is 0.253 e. The van der Waals surface area contributed by atoms with Gasteiger partial charge in [-0.25, -0.2) is 0 Å². The Morgan fingerprint density at radius 1 is 1.14 bits per heavy atom. The molecule has 1 N–H and O–H groups in total. The van der Waals surface area contributed by atoms with Crippen molar-refractivity contribution in [1.82, 2.24) is 4.90 Å². The maximum absolute atomic E-state index is 12.5. The summed E-state index contributed by atoms with van der Waals surface area (Å²) in [6.45, 7) is 1.97. The van der Waals surface area contributed by atoms with Crippen LogP contribution in [0.2, 0.25) is 0 Å². The molecule has 28 heavy (non-hydrogen) atoms. The van der Waals surface area contributed by atoms with Gasteiger partial charge in [0.2, 0.25) is 11.8 Å². The topological polar surface area (TPSA) is 69.7 Å². The van der Waals surface area contributed by atoms with Crippen molar-refractivity contribution in [3.05, 3.63) is 53.6 Å². The van der Waals surface area contributed by atoms with Crippen LogP contribution in [0.3, 0.4) is 0 Å². The van der Waals surface area contributed by atoms with Gasteiger partial charge in [0.15, 0.2) is 0 Å². The quantitative estimate of drug-likeness (QED) is 0.842. The average Bonchev–Trinajstić information content (AvgIpc) is 2.69. The van der Waals surface area contributed by atoms with Crippen LogP contribution in [-0.2, 0) is 16.0 Å². The van der Waals surface area contributed by atoms with E-state index in [1.807, 2.05) is 30.3 Å². The Labute approximate surface area is 168 Å².